The van der Waals surface area contributed by atoms with Crippen LogP contribution in [0, 0.1) is 22.5 Å². The third kappa shape index (κ3) is 8.62. The van der Waals surface area contributed by atoms with Gasteiger partial charge in [0.15, 0.2) is 9.84 Å². The lowest BCUT2D eigenvalue weighted by Crippen LogP contribution is -2.37. The summed E-state index contributed by atoms with van der Waals surface area (Å²) in [5, 5.41) is 10.6. The van der Waals surface area contributed by atoms with E-state index in [9.17, 15) is 32.8 Å². The van der Waals surface area contributed by atoms with Crippen molar-refractivity contribution in [1.29, 1.82) is 0 Å². The summed E-state index contributed by atoms with van der Waals surface area (Å²) < 4.78 is 45.8. The lowest BCUT2D eigenvalue weighted by molar-refractivity contribution is -0.870. The summed E-state index contributed by atoms with van der Waals surface area (Å²) >= 11 is 0. The van der Waals surface area contributed by atoms with Crippen molar-refractivity contribution in [2.75, 3.05) is 60.2 Å². The number of nitro groups is 1. The van der Waals surface area contributed by atoms with Crippen LogP contribution in [0.3, 0.4) is 0 Å². The van der Waals surface area contributed by atoms with Crippen molar-refractivity contribution in [1.82, 2.24) is 9.88 Å². The average Bonchev–Trinajstić information content (AvgIpc) is 2.64. The van der Waals surface area contributed by atoms with Crippen LogP contribution in [0.1, 0.15) is 10.4 Å². The van der Waals surface area contributed by atoms with E-state index >= 15 is 0 Å². The van der Waals surface area contributed by atoms with E-state index in [0.29, 0.717) is 11.0 Å². The van der Waals surface area contributed by atoms with Gasteiger partial charge in [0.2, 0.25) is 5.03 Å². The minimum absolute atomic E-state index is 0.0538. The Morgan fingerprint density at radius 1 is 1.38 bits per heavy atom. The first-order valence-electron chi connectivity index (χ1n) is 9.07. The van der Waals surface area contributed by atoms with E-state index in [-0.39, 0.29) is 19.7 Å². The van der Waals surface area contributed by atoms with Gasteiger partial charge in [0.25, 0.3) is 5.91 Å². The second-order valence-electron chi connectivity index (χ2n) is 7.62. The molecule has 13 nitrogen and oxygen atoms in total. The molecule has 0 aliphatic rings. The van der Waals surface area contributed by atoms with Crippen molar-refractivity contribution in [3.63, 3.8) is 0 Å². The third-order valence-corrected chi connectivity index (χ3v) is 5.88. The maximum atomic E-state index is 12.9. The summed E-state index contributed by atoms with van der Waals surface area (Å²) in [4.78, 5) is 37.5. The fourth-order valence-corrected chi connectivity index (χ4v) is 3.81. The molecule has 1 amide bonds. The zero-order chi connectivity index (χ0) is 24.7. The first-order valence-corrected chi connectivity index (χ1v) is 12.5. The molecule has 0 aliphatic heterocycles. The molecule has 1 atom stereocenters. The van der Waals surface area contributed by atoms with E-state index < -0.39 is 51.4 Å². The molecule has 0 bridgehead atoms. The van der Waals surface area contributed by atoms with E-state index in [4.69, 9.17) is 15.5 Å². The maximum absolute atomic E-state index is 12.9. The molecule has 0 spiro atoms. The molecular weight excluding hydrogens is 467 g/mol. The molecule has 0 fully saturated rings. The van der Waals surface area contributed by atoms with Gasteiger partial charge < -0.3 is 14.3 Å². The Balaban J connectivity index is 3.00. The highest BCUT2D eigenvalue weighted by atomic mass is 32.2. The molecule has 1 aromatic rings. The average molecular weight is 493 g/mol. The molecule has 1 heterocycles. The Hall–Kier alpha value is -2.40. The van der Waals surface area contributed by atoms with Gasteiger partial charge in [0.05, 0.1) is 39.2 Å². The highest BCUT2D eigenvalue weighted by molar-refractivity contribution is 7.90. The molecule has 0 aromatic carbocycles. The summed E-state index contributed by atoms with van der Waals surface area (Å²) in [7, 11) is -2.92. The number of quaternary nitrogens is 1. The molecule has 15 heteroatoms. The molecule has 0 saturated heterocycles. The number of pyridine rings is 1. The number of aromatic nitrogens is 1. The Bertz CT molecular complexity index is 1050. The third-order valence-electron chi connectivity index (χ3n) is 3.86. The molecule has 0 radical (unpaired) electrons. The number of amides is 1. The summed E-state index contributed by atoms with van der Waals surface area (Å²) in [5.74, 6) is 1.22. The van der Waals surface area contributed by atoms with Crippen LogP contribution in [0.4, 0.5) is 5.69 Å². The van der Waals surface area contributed by atoms with Crippen molar-refractivity contribution in [3.05, 3.63) is 27.9 Å². The fraction of sp³-hybridized carbons (Fsp3) is 0.529. The predicted molar refractivity (Wildman–Crippen MR) is 113 cm³/mol. The highest BCUT2D eigenvalue weighted by Crippen LogP contribution is 2.42. The topological polar surface area (TPSA) is 166 Å². The molecule has 1 unspecified atom stereocenters. The van der Waals surface area contributed by atoms with Crippen molar-refractivity contribution >= 4 is 29.3 Å². The van der Waals surface area contributed by atoms with Crippen LogP contribution in [0.15, 0.2) is 17.3 Å². The number of terminal acetylenes is 1. The number of carbonyl (C=O) groups excluding carboxylic acids is 1. The summed E-state index contributed by atoms with van der Waals surface area (Å²) in [6.07, 6.45) is 6.92. The minimum Gasteiger partial charge on any atom is -0.329 e. The molecule has 0 saturated carbocycles. The standard InChI is InChI=1S/C17H25N4O9PS/c1-6-9-19(10-12-29-31(25,26)30-13-11-21(2,3)4)17(22)14-7-8-18-16(32(5,27)28)15(14)20(23)24/h1,7-8H,9-13H2,2-5H3/p+1. The first kappa shape index (κ1) is 27.6. The van der Waals surface area contributed by atoms with Crippen molar-refractivity contribution in [3.8, 4) is 12.3 Å². The first-order chi connectivity index (χ1) is 14.6. The van der Waals surface area contributed by atoms with Crippen molar-refractivity contribution in [2.45, 2.75) is 5.03 Å². The summed E-state index contributed by atoms with van der Waals surface area (Å²) in [5.41, 5.74) is -1.54. The second-order valence-corrected chi connectivity index (χ2v) is 11.0. The number of hydrogen-bond acceptors (Lipinski definition) is 9. The Morgan fingerprint density at radius 3 is 2.47 bits per heavy atom. The minimum atomic E-state index is -4.41. The Labute approximate surface area is 186 Å². The summed E-state index contributed by atoms with van der Waals surface area (Å²) in [6, 6.07) is 0.990. The van der Waals surface area contributed by atoms with Crippen molar-refractivity contribution in [2.24, 2.45) is 0 Å². The van der Waals surface area contributed by atoms with Gasteiger partial charge in [-0.25, -0.2) is 18.0 Å². The van der Waals surface area contributed by atoms with Crippen LogP contribution >= 0.6 is 7.82 Å². The molecule has 0 aliphatic carbocycles. The largest absolute Gasteiger partial charge is 0.472 e. The van der Waals surface area contributed by atoms with Gasteiger partial charge in [0, 0.05) is 19.0 Å². The number of sulfone groups is 1. The van der Waals surface area contributed by atoms with Crippen LogP contribution in [0.2, 0.25) is 0 Å². The molecule has 1 N–H and O–H groups in total. The molecule has 1 aromatic heterocycles. The maximum Gasteiger partial charge on any atom is 0.472 e. The van der Waals surface area contributed by atoms with Crippen LogP contribution in [-0.2, 0) is 23.4 Å². The van der Waals surface area contributed by atoms with E-state index in [1.807, 2.05) is 21.1 Å². The number of rotatable bonds is 12. The van der Waals surface area contributed by atoms with Crippen LogP contribution in [-0.4, -0.2) is 98.8 Å². The van der Waals surface area contributed by atoms with E-state index in [1.165, 1.54) is 0 Å². The van der Waals surface area contributed by atoms with Crippen molar-refractivity contribution < 1.29 is 41.1 Å². The van der Waals surface area contributed by atoms with Crippen LogP contribution in [0.5, 0.6) is 0 Å². The number of carbonyl (C=O) groups is 1. The van der Waals surface area contributed by atoms with E-state index in [1.54, 1.807) is 0 Å². The zero-order valence-electron chi connectivity index (χ0n) is 18.1. The molecule has 1 rings (SSSR count). The number of likely N-dealkylation sites (N-methyl/N-ethyl adjacent to an activating group) is 1. The fourth-order valence-electron chi connectivity index (χ4n) is 2.32. The van der Waals surface area contributed by atoms with E-state index in [0.717, 1.165) is 23.4 Å². The normalized spacial score (nSPS) is 13.8. The Morgan fingerprint density at radius 2 is 1.97 bits per heavy atom. The Kier molecular flexibility index (Phi) is 9.46. The smallest absolute Gasteiger partial charge is 0.329 e. The van der Waals surface area contributed by atoms with Gasteiger partial charge in [-0.15, -0.1) is 6.42 Å². The van der Waals surface area contributed by atoms with Crippen LogP contribution in [0.25, 0.3) is 0 Å². The molecule has 32 heavy (non-hydrogen) atoms. The van der Waals surface area contributed by atoms with Gasteiger partial charge in [-0.3, -0.25) is 24.0 Å². The molecular formula is C17H26N4O9PS+. The van der Waals surface area contributed by atoms with Crippen LogP contribution < -0.4 is 0 Å². The van der Waals surface area contributed by atoms with Gasteiger partial charge in [0.1, 0.15) is 18.7 Å². The zero-order valence-corrected chi connectivity index (χ0v) is 19.8. The van der Waals surface area contributed by atoms with Gasteiger partial charge in [-0.05, 0) is 6.07 Å². The van der Waals surface area contributed by atoms with E-state index in [2.05, 4.69) is 10.9 Å². The number of nitrogens with zero attached hydrogens (tertiary/aromatic N) is 4. The van der Waals surface area contributed by atoms with Gasteiger partial charge in [-0.2, -0.15) is 0 Å². The lowest BCUT2D eigenvalue weighted by Gasteiger charge is -2.24. The lowest BCUT2D eigenvalue weighted by atomic mass is 10.2. The SMILES string of the molecule is C#CCN(CCOP(=O)(O)OCC[N+](C)(C)C)C(=O)c1ccnc(S(C)(=O)=O)c1[N+](=O)[O-]. The highest BCUT2D eigenvalue weighted by Gasteiger charge is 2.33. The van der Waals surface area contributed by atoms with Gasteiger partial charge in [-0.1, -0.05) is 5.92 Å². The second kappa shape index (κ2) is 11.0. The molecule has 178 valence electrons. The summed E-state index contributed by atoms with van der Waals surface area (Å²) in [6.45, 7) is -0.733. The number of phosphoric ester groups is 1. The quantitative estimate of drug-likeness (QED) is 0.141. The number of phosphoric acid groups is 1. The van der Waals surface area contributed by atoms with Gasteiger partial charge >= 0.3 is 13.5 Å². The number of hydrogen-bond donors (Lipinski definition) is 1. The monoisotopic (exact) mass is 493 g/mol. The predicted octanol–water partition coefficient (Wildman–Crippen LogP) is 0.309.